The Morgan fingerprint density at radius 3 is 2.11 bits per heavy atom. The maximum Gasteiger partial charge on any atom is 0.416 e. The number of nitrogens with two attached hydrogens (primary N) is 1. The van der Waals surface area contributed by atoms with E-state index >= 15 is 0 Å². The number of rotatable bonds is 3. The van der Waals surface area contributed by atoms with Gasteiger partial charge in [-0.05, 0) is 24.3 Å². The summed E-state index contributed by atoms with van der Waals surface area (Å²) in [7, 11) is 0. The molecule has 0 fully saturated rings. The Morgan fingerprint density at radius 2 is 1.67 bits per heavy atom. The molecular formula is C11H9F3N2O2. The Balaban J connectivity index is 2.70. The lowest BCUT2D eigenvalue weighted by Gasteiger charge is -2.07. The van der Waals surface area contributed by atoms with Crippen LogP contribution in [-0.2, 0) is 15.8 Å². The minimum absolute atomic E-state index is 0.183. The van der Waals surface area contributed by atoms with Crippen LogP contribution in [0.4, 0.5) is 18.9 Å². The molecule has 18 heavy (non-hydrogen) atoms. The largest absolute Gasteiger partial charge is 0.416 e. The molecule has 0 aromatic heterocycles. The van der Waals surface area contributed by atoms with Crippen LogP contribution in [0, 0.1) is 0 Å². The fourth-order valence-electron chi connectivity index (χ4n) is 1.08. The highest BCUT2D eigenvalue weighted by atomic mass is 19.4. The van der Waals surface area contributed by atoms with Crippen LogP contribution in [-0.4, -0.2) is 11.8 Å². The van der Waals surface area contributed by atoms with E-state index in [-0.39, 0.29) is 5.69 Å². The van der Waals surface area contributed by atoms with Gasteiger partial charge in [0.1, 0.15) is 0 Å². The molecule has 0 unspecified atom stereocenters. The molecule has 1 aromatic carbocycles. The van der Waals surface area contributed by atoms with E-state index < -0.39 is 23.6 Å². The van der Waals surface area contributed by atoms with E-state index in [2.05, 4.69) is 5.32 Å². The number of hydrogen-bond acceptors (Lipinski definition) is 2. The molecule has 0 bridgehead atoms. The van der Waals surface area contributed by atoms with E-state index in [9.17, 15) is 22.8 Å². The Hall–Kier alpha value is -2.31. The number of benzene rings is 1. The maximum absolute atomic E-state index is 12.2. The summed E-state index contributed by atoms with van der Waals surface area (Å²) in [6.07, 6.45) is -2.69. The first-order valence-electron chi connectivity index (χ1n) is 4.75. The Labute approximate surface area is 100 Å². The molecule has 0 aliphatic carbocycles. The first-order valence-corrected chi connectivity index (χ1v) is 4.75. The second-order valence-corrected chi connectivity index (χ2v) is 3.30. The van der Waals surface area contributed by atoms with Gasteiger partial charge in [0.25, 0.3) is 0 Å². The number of anilines is 1. The average molecular weight is 258 g/mol. The third-order valence-corrected chi connectivity index (χ3v) is 1.88. The molecule has 0 atom stereocenters. The van der Waals surface area contributed by atoms with Crippen molar-refractivity contribution in [2.75, 3.05) is 5.32 Å². The quantitative estimate of drug-likeness (QED) is 0.810. The molecular weight excluding hydrogens is 249 g/mol. The number of alkyl halides is 3. The van der Waals surface area contributed by atoms with E-state index in [1.54, 1.807) is 0 Å². The van der Waals surface area contributed by atoms with Gasteiger partial charge in [-0.25, -0.2) is 0 Å². The average Bonchev–Trinajstić information content (AvgIpc) is 2.26. The van der Waals surface area contributed by atoms with Gasteiger partial charge in [-0.15, -0.1) is 0 Å². The Kier molecular flexibility index (Phi) is 4.09. The van der Waals surface area contributed by atoms with Crippen molar-refractivity contribution in [3.63, 3.8) is 0 Å². The molecule has 0 radical (unpaired) electrons. The number of carbonyl (C=O) groups excluding carboxylic acids is 2. The topological polar surface area (TPSA) is 72.2 Å². The van der Waals surface area contributed by atoms with Gasteiger partial charge in [-0.3, -0.25) is 9.59 Å². The number of amides is 2. The summed E-state index contributed by atoms with van der Waals surface area (Å²) < 4.78 is 36.7. The molecule has 4 nitrogen and oxygen atoms in total. The predicted molar refractivity (Wildman–Crippen MR) is 58.4 cm³/mol. The zero-order valence-corrected chi connectivity index (χ0v) is 8.99. The van der Waals surface area contributed by atoms with E-state index in [4.69, 9.17) is 5.73 Å². The van der Waals surface area contributed by atoms with Crippen LogP contribution < -0.4 is 11.1 Å². The summed E-state index contributed by atoms with van der Waals surface area (Å²) in [5, 5.41) is 2.28. The summed E-state index contributed by atoms with van der Waals surface area (Å²) in [6, 6.07) is 3.90. The summed E-state index contributed by atoms with van der Waals surface area (Å²) in [6.45, 7) is 0. The lowest BCUT2D eigenvalue weighted by atomic mass is 10.2. The lowest BCUT2D eigenvalue weighted by Crippen LogP contribution is -2.12. The first-order chi connectivity index (χ1) is 8.29. The molecule has 1 rings (SSSR count). The minimum atomic E-state index is -4.42. The second kappa shape index (κ2) is 5.35. The molecule has 1 aromatic rings. The number of halogens is 3. The molecule has 0 heterocycles. The van der Waals surface area contributed by atoms with Crippen molar-refractivity contribution in [3.05, 3.63) is 42.0 Å². The highest BCUT2D eigenvalue weighted by molar-refractivity contribution is 6.03. The van der Waals surface area contributed by atoms with E-state index in [1.807, 2.05) is 0 Å². The summed E-state index contributed by atoms with van der Waals surface area (Å²) in [5.74, 6) is -1.45. The van der Waals surface area contributed by atoms with Gasteiger partial charge < -0.3 is 11.1 Å². The standard InChI is InChI=1S/C11H9F3N2O2/c12-11(13,14)7-1-3-8(4-2-7)16-10(18)6-5-9(15)17/h1-6H,(H2,15,17)(H,16,18)/b6-5+. The monoisotopic (exact) mass is 258 g/mol. The maximum atomic E-state index is 12.2. The van der Waals surface area contributed by atoms with Crippen LogP contribution >= 0.6 is 0 Å². The van der Waals surface area contributed by atoms with Crippen molar-refractivity contribution in [3.8, 4) is 0 Å². The van der Waals surface area contributed by atoms with Crippen LogP contribution in [0.15, 0.2) is 36.4 Å². The van der Waals surface area contributed by atoms with Crippen molar-refractivity contribution in [1.82, 2.24) is 0 Å². The normalized spacial score (nSPS) is 11.5. The van der Waals surface area contributed by atoms with Gasteiger partial charge in [0.2, 0.25) is 11.8 Å². The van der Waals surface area contributed by atoms with Crippen molar-refractivity contribution in [1.29, 1.82) is 0 Å². The molecule has 0 saturated heterocycles. The van der Waals surface area contributed by atoms with Crippen molar-refractivity contribution in [2.45, 2.75) is 6.18 Å². The lowest BCUT2D eigenvalue weighted by molar-refractivity contribution is -0.137. The van der Waals surface area contributed by atoms with Gasteiger partial charge in [-0.1, -0.05) is 0 Å². The number of hydrogen-bond donors (Lipinski definition) is 2. The predicted octanol–water partition coefficient (Wildman–Crippen LogP) is 1.69. The van der Waals surface area contributed by atoms with Gasteiger partial charge in [0.05, 0.1) is 5.56 Å². The molecule has 2 amide bonds. The first kappa shape index (κ1) is 13.8. The fraction of sp³-hybridized carbons (Fsp3) is 0.0909. The molecule has 3 N–H and O–H groups in total. The summed E-state index contributed by atoms with van der Waals surface area (Å²) >= 11 is 0. The number of carbonyl (C=O) groups is 2. The number of primary amides is 1. The van der Waals surface area contributed by atoms with Gasteiger partial charge in [0, 0.05) is 17.8 Å². The second-order valence-electron chi connectivity index (χ2n) is 3.30. The number of nitrogens with one attached hydrogen (secondary N) is 1. The van der Waals surface area contributed by atoms with E-state index in [0.29, 0.717) is 0 Å². The highest BCUT2D eigenvalue weighted by Crippen LogP contribution is 2.29. The van der Waals surface area contributed by atoms with Crippen LogP contribution in [0.25, 0.3) is 0 Å². The van der Waals surface area contributed by atoms with Crippen LogP contribution in [0.3, 0.4) is 0 Å². The smallest absolute Gasteiger partial charge is 0.366 e. The zero-order chi connectivity index (χ0) is 13.8. The van der Waals surface area contributed by atoms with E-state index in [0.717, 1.165) is 36.4 Å². The third-order valence-electron chi connectivity index (χ3n) is 1.88. The van der Waals surface area contributed by atoms with Crippen molar-refractivity contribution < 1.29 is 22.8 Å². The Morgan fingerprint density at radius 1 is 1.11 bits per heavy atom. The fourth-order valence-corrected chi connectivity index (χ4v) is 1.08. The van der Waals surface area contributed by atoms with Crippen molar-refractivity contribution >= 4 is 17.5 Å². The highest BCUT2D eigenvalue weighted by Gasteiger charge is 2.29. The Bertz CT molecular complexity index is 478. The van der Waals surface area contributed by atoms with Gasteiger partial charge in [-0.2, -0.15) is 13.2 Å². The molecule has 0 saturated carbocycles. The molecule has 0 aliphatic heterocycles. The van der Waals surface area contributed by atoms with E-state index in [1.165, 1.54) is 0 Å². The molecule has 0 spiro atoms. The minimum Gasteiger partial charge on any atom is -0.366 e. The molecule has 0 aliphatic rings. The van der Waals surface area contributed by atoms with Crippen LogP contribution in [0.2, 0.25) is 0 Å². The van der Waals surface area contributed by atoms with Crippen LogP contribution in [0.5, 0.6) is 0 Å². The summed E-state index contributed by atoms with van der Waals surface area (Å²) in [4.78, 5) is 21.5. The molecule has 96 valence electrons. The zero-order valence-electron chi connectivity index (χ0n) is 8.99. The SMILES string of the molecule is NC(=O)/C=C/C(=O)Nc1ccc(C(F)(F)F)cc1. The van der Waals surface area contributed by atoms with Gasteiger partial charge in [0.15, 0.2) is 0 Å². The summed E-state index contributed by atoms with van der Waals surface area (Å²) in [5.41, 5.74) is 4.14. The van der Waals surface area contributed by atoms with Crippen LogP contribution in [0.1, 0.15) is 5.56 Å². The van der Waals surface area contributed by atoms with Gasteiger partial charge >= 0.3 is 6.18 Å². The van der Waals surface area contributed by atoms with Crippen molar-refractivity contribution in [2.24, 2.45) is 5.73 Å². The third kappa shape index (κ3) is 4.28. The molecule has 7 heteroatoms.